The van der Waals surface area contributed by atoms with Crippen LogP contribution in [0.4, 0.5) is 5.82 Å². The molecule has 1 N–H and O–H groups in total. The molecule has 0 fully saturated rings. The van der Waals surface area contributed by atoms with Gasteiger partial charge in [-0.05, 0) is 41.8 Å². The minimum Gasteiger partial charge on any atom is -0.493 e. The average molecular weight is 372 g/mol. The SMILES string of the molecule is COCCNc1ccc(C(=O)N2CCc3cc(OC)c(OC)cc3C2)nn1. The molecular weight excluding hydrogens is 348 g/mol. The predicted octanol–water partition coefficient (Wildman–Crippen LogP) is 1.75. The van der Waals surface area contributed by atoms with E-state index in [0.717, 1.165) is 12.0 Å². The molecule has 3 rings (SSSR count). The molecule has 1 aliphatic heterocycles. The topological polar surface area (TPSA) is 85.8 Å². The van der Waals surface area contributed by atoms with E-state index in [2.05, 4.69) is 15.5 Å². The highest BCUT2D eigenvalue weighted by Gasteiger charge is 2.24. The van der Waals surface area contributed by atoms with Crippen molar-refractivity contribution >= 4 is 11.7 Å². The number of amides is 1. The van der Waals surface area contributed by atoms with E-state index in [1.807, 2.05) is 12.1 Å². The second kappa shape index (κ2) is 8.68. The summed E-state index contributed by atoms with van der Waals surface area (Å²) in [5, 5.41) is 11.2. The fourth-order valence-corrected chi connectivity index (χ4v) is 3.04. The third-order valence-electron chi connectivity index (χ3n) is 4.50. The monoisotopic (exact) mass is 372 g/mol. The first-order valence-electron chi connectivity index (χ1n) is 8.76. The fraction of sp³-hybridized carbons (Fsp3) is 0.421. The number of aromatic nitrogens is 2. The van der Waals surface area contributed by atoms with Gasteiger partial charge >= 0.3 is 0 Å². The van der Waals surface area contributed by atoms with Crippen LogP contribution in [0.15, 0.2) is 24.3 Å². The van der Waals surface area contributed by atoms with E-state index in [-0.39, 0.29) is 5.91 Å². The molecule has 0 saturated heterocycles. The number of carbonyl (C=O) groups excluding carboxylic acids is 1. The van der Waals surface area contributed by atoms with Gasteiger partial charge in [0.05, 0.1) is 20.8 Å². The highest BCUT2D eigenvalue weighted by atomic mass is 16.5. The summed E-state index contributed by atoms with van der Waals surface area (Å²) in [4.78, 5) is 14.6. The molecular formula is C19H24N4O4. The summed E-state index contributed by atoms with van der Waals surface area (Å²) in [5.41, 5.74) is 2.55. The fourth-order valence-electron chi connectivity index (χ4n) is 3.04. The molecule has 1 amide bonds. The molecule has 1 aliphatic rings. The van der Waals surface area contributed by atoms with Crippen molar-refractivity contribution in [3.63, 3.8) is 0 Å². The Morgan fingerprint density at radius 1 is 1.11 bits per heavy atom. The van der Waals surface area contributed by atoms with Gasteiger partial charge in [0, 0.05) is 26.7 Å². The number of methoxy groups -OCH3 is 3. The van der Waals surface area contributed by atoms with Gasteiger partial charge in [0.25, 0.3) is 5.91 Å². The number of hydrogen-bond donors (Lipinski definition) is 1. The molecule has 144 valence electrons. The molecule has 0 bridgehead atoms. The minimum atomic E-state index is -0.133. The lowest BCUT2D eigenvalue weighted by atomic mass is 9.98. The van der Waals surface area contributed by atoms with Gasteiger partial charge in [0.15, 0.2) is 17.2 Å². The smallest absolute Gasteiger partial charge is 0.274 e. The standard InChI is InChI=1S/C19H24N4O4/c1-25-9-7-20-18-5-4-15(21-22-18)19(24)23-8-6-13-10-16(26-2)17(27-3)11-14(13)12-23/h4-5,10-11H,6-9,12H2,1-3H3,(H,20,22). The van der Waals surface area contributed by atoms with Gasteiger partial charge in [0.2, 0.25) is 0 Å². The number of anilines is 1. The minimum absolute atomic E-state index is 0.133. The zero-order valence-electron chi connectivity index (χ0n) is 15.8. The van der Waals surface area contributed by atoms with Crippen LogP contribution in [-0.2, 0) is 17.7 Å². The first-order valence-corrected chi connectivity index (χ1v) is 8.76. The number of fused-ring (bicyclic) bond motifs is 1. The molecule has 0 aliphatic carbocycles. The lowest BCUT2D eigenvalue weighted by Crippen LogP contribution is -2.36. The summed E-state index contributed by atoms with van der Waals surface area (Å²) in [5.74, 6) is 1.85. The van der Waals surface area contributed by atoms with E-state index in [9.17, 15) is 4.79 Å². The zero-order chi connectivity index (χ0) is 19.2. The van der Waals surface area contributed by atoms with Crippen molar-refractivity contribution in [3.8, 4) is 11.5 Å². The molecule has 0 saturated carbocycles. The number of nitrogens with zero attached hydrogens (tertiary/aromatic N) is 3. The Morgan fingerprint density at radius 3 is 2.48 bits per heavy atom. The van der Waals surface area contributed by atoms with Crippen molar-refractivity contribution in [2.75, 3.05) is 46.3 Å². The van der Waals surface area contributed by atoms with Crippen LogP contribution in [-0.4, -0.2) is 62.0 Å². The summed E-state index contributed by atoms with van der Waals surface area (Å²) in [6.07, 6.45) is 0.755. The van der Waals surface area contributed by atoms with Gasteiger partial charge in [-0.25, -0.2) is 0 Å². The van der Waals surface area contributed by atoms with Crippen molar-refractivity contribution < 1.29 is 19.0 Å². The molecule has 1 aromatic heterocycles. The molecule has 2 aromatic rings. The lowest BCUT2D eigenvalue weighted by Gasteiger charge is -2.29. The van der Waals surface area contributed by atoms with E-state index in [0.29, 0.717) is 49.3 Å². The molecule has 0 atom stereocenters. The average Bonchev–Trinajstić information content (AvgIpc) is 2.72. The number of carbonyl (C=O) groups is 1. The van der Waals surface area contributed by atoms with Crippen LogP contribution >= 0.6 is 0 Å². The molecule has 8 heteroatoms. The van der Waals surface area contributed by atoms with Crippen LogP contribution in [0, 0.1) is 0 Å². The van der Waals surface area contributed by atoms with Crippen LogP contribution in [0.1, 0.15) is 21.6 Å². The first-order chi connectivity index (χ1) is 13.2. The van der Waals surface area contributed by atoms with Crippen LogP contribution in [0.25, 0.3) is 0 Å². The third kappa shape index (κ3) is 4.28. The van der Waals surface area contributed by atoms with Gasteiger partial charge in [0.1, 0.15) is 5.82 Å². The molecule has 0 unspecified atom stereocenters. The van der Waals surface area contributed by atoms with Crippen molar-refractivity contribution in [2.45, 2.75) is 13.0 Å². The largest absolute Gasteiger partial charge is 0.493 e. The lowest BCUT2D eigenvalue weighted by molar-refractivity contribution is 0.0727. The van der Waals surface area contributed by atoms with Crippen LogP contribution < -0.4 is 14.8 Å². The zero-order valence-corrected chi connectivity index (χ0v) is 15.8. The number of benzene rings is 1. The molecule has 27 heavy (non-hydrogen) atoms. The second-order valence-corrected chi connectivity index (χ2v) is 6.18. The Morgan fingerprint density at radius 2 is 1.85 bits per heavy atom. The molecule has 2 heterocycles. The summed E-state index contributed by atoms with van der Waals surface area (Å²) in [6.45, 7) is 2.33. The second-order valence-electron chi connectivity index (χ2n) is 6.18. The van der Waals surface area contributed by atoms with Crippen molar-refractivity contribution in [3.05, 3.63) is 41.1 Å². The maximum Gasteiger partial charge on any atom is 0.274 e. The van der Waals surface area contributed by atoms with Gasteiger partial charge in [-0.1, -0.05) is 0 Å². The van der Waals surface area contributed by atoms with Gasteiger partial charge in [-0.15, -0.1) is 10.2 Å². The summed E-state index contributed by atoms with van der Waals surface area (Å²) in [7, 11) is 4.86. The predicted molar refractivity (Wildman–Crippen MR) is 100 cm³/mol. The normalized spacial score (nSPS) is 13.1. The van der Waals surface area contributed by atoms with Crippen LogP contribution in [0.5, 0.6) is 11.5 Å². The number of nitrogens with one attached hydrogen (secondary N) is 1. The number of hydrogen-bond acceptors (Lipinski definition) is 7. The molecule has 0 radical (unpaired) electrons. The van der Waals surface area contributed by atoms with Gasteiger partial charge in [-0.2, -0.15) is 0 Å². The van der Waals surface area contributed by atoms with E-state index >= 15 is 0 Å². The Bertz CT molecular complexity index is 795. The number of ether oxygens (including phenoxy) is 3. The van der Waals surface area contributed by atoms with Crippen molar-refractivity contribution in [1.29, 1.82) is 0 Å². The highest BCUT2D eigenvalue weighted by molar-refractivity contribution is 5.92. The maximum absolute atomic E-state index is 12.8. The maximum atomic E-state index is 12.8. The summed E-state index contributed by atoms with van der Waals surface area (Å²) in [6, 6.07) is 7.36. The summed E-state index contributed by atoms with van der Waals surface area (Å²) >= 11 is 0. The Labute approximate surface area is 158 Å². The Kier molecular flexibility index (Phi) is 6.08. The highest BCUT2D eigenvalue weighted by Crippen LogP contribution is 2.33. The van der Waals surface area contributed by atoms with Gasteiger partial charge in [-0.3, -0.25) is 4.79 Å². The van der Waals surface area contributed by atoms with Crippen LogP contribution in [0.3, 0.4) is 0 Å². The van der Waals surface area contributed by atoms with E-state index in [4.69, 9.17) is 14.2 Å². The summed E-state index contributed by atoms with van der Waals surface area (Å²) < 4.78 is 15.7. The first kappa shape index (κ1) is 18.9. The van der Waals surface area contributed by atoms with Crippen LogP contribution in [0.2, 0.25) is 0 Å². The Balaban J connectivity index is 1.70. The quantitative estimate of drug-likeness (QED) is 0.741. The van der Waals surface area contributed by atoms with Crippen molar-refractivity contribution in [2.24, 2.45) is 0 Å². The van der Waals surface area contributed by atoms with Gasteiger partial charge < -0.3 is 24.4 Å². The third-order valence-corrected chi connectivity index (χ3v) is 4.50. The molecule has 0 spiro atoms. The number of rotatable bonds is 7. The molecule has 1 aromatic carbocycles. The van der Waals surface area contributed by atoms with E-state index in [1.54, 1.807) is 38.4 Å². The van der Waals surface area contributed by atoms with E-state index < -0.39 is 0 Å². The molecule has 8 nitrogen and oxygen atoms in total. The van der Waals surface area contributed by atoms with E-state index in [1.165, 1.54) is 5.56 Å². The van der Waals surface area contributed by atoms with Crippen molar-refractivity contribution in [1.82, 2.24) is 15.1 Å². The Hall–Kier alpha value is -2.87.